The maximum Gasteiger partial charge on any atom is 0.251 e. The van der Waals surface area contributed by atoms with E-state index in [1.807, 2.05) is 30.5 Å². The van der Waals surface area contributed by atoms with Crippen molar-refractivity contribution in [2.75, 3.05) is 0 Å². The molecular formula is C19H23N3O2. The number of H-pyrrole nitrogens is 1. The van der Waals surface area contributed by atoms with E-state index >= 15 is 0 Å². The smallest absolute Gasteiger partial charge is 0.251 e. The Morgan fingerprint density at radius 3 is 2.75 bits per heavy atom. The van der Waals surface area contributed by atoms with Crippen LogP contribution < -0.4 is 10.1 Å². The quantitative estimate of drug-likeness (QED) is 0.908. The molecule has 4 rings (SSSR count). The van der Waals surface area contributed by atoms with Crippen LogP contribution in [0.15, 0.2) is 30.5 Å². The van der Waals surface area contributed by atoms with Gasteiger partial charge in [-0.3, -0.25) is 9.89 Å². The minimum absolute atomic E-state index is 0.0145. The number of fused-ring (bicyclic) bond motifs is 1. The van der Waals surface area contributed by atoms with E-state index < -0.39 is 0 Å². The molecule has 0 spiro atoms. The molecule has 1 aromatic carbocycles. The minimum Gasteiger partial charge on any atom is -0.490 e. The van der Waals surface area contributed by atoms with Crippen molar-refractivity contribution in [3.63, 3.8) is 0 Å². The number of rotatable bonds is 4. The summed E-state index contributed by atoms with van der Waals surface area (Å²) in [6.07, 6.45) is 9.73. The fourth-order valence-corrected chi connectivity index (χ4v) is 3.69. The molecule has 24 heavy (non-hydrogen) atoms. The number of aryl methyl sites for hydroxylation is 1. The van der Waals surface area contributed by atoms with E-state index in [0.29, 0.717) is 11.7 Å². The largest absolute Gasteiger partial charge is 0.490 e. The van der Waals surface area contributed by atoms with Gasteiger partial charge in [-0.05, 0) is 74.8 Å². The first kappa shape index (κ1) is 15.2. The van der Waals surface area contributed by atoms with E-state index in [0.717, 1.165) is 37.9 Å². The number of carbonyl (C=O) groups excluding carboxylic acids is 1. The summed E-state index contributed by atoms with van der Waals surface area (Å²) in [5.41, 5.74) is 3.10. The van der Waals surface area contributed by atoms with Crippen molar-refractivity contribution in [3.8, 4) is 5.75 Å². The molecule has 0 unspecified atom stereocenters. The SMILES string of the molecule is O=C(N[C@@H]1CCc2[nH]ncc2C1)c1ccc(OC2CCCC2)cc1. The van der Waals surface area contributed by atoms with Crippen LogP contribution in [0.25, 0.3) is 0 Å². The van der Waals surface area contributed by atoms with Gasteiger partial charge in [-0.2, -0.15) is 5.10 Å². The van der Waals surface area contributed by atoms with Gasteiger partial charge in [-0.1, -0.05) is 0 Å². The van der Waals surface area contributed by atoms with Crippen molar-refractivity contribution in [1.82, 2.24) is 15.5 Å². The highest BCUT2D eigenvalue weighted by molar-refractivity contribution is 5.94. The lowest BCUT2D eigenvalue weighted by Gasteiger charge is -2.23. The van der Waals surface area contributed by atoms with Gasteiger partial charge in [0, 0.05) is 17.3 Å². The number of benzene rings is 1. The lowest BCUT2D eigenvalue weighted by molar-refractivity contribution is 0.0933. The molecule has 2 N–H and O–H groups in total. The van der Waals surface area contributed by atoms with Gasteiger partial charge in [0.05, 0.1) is 12.3 Å². The number of ether oxygens (including phenoxy) is 1. The summed E-state index contributed by atoms with van der Waals surface area (Å²) in [6, 6.07) is 7.69. The number of amides is 1. The van der Waals surface area contributed by atoms with Crippen molar-refractivity contribution in [3.05, 3.63) is 47.3 Å². The van der Waals surface area contributed by atoms with Crippen molar-refractivity contribution in [2.24, 2.45) is 0 Å². The topological polar surface area (TPSA) is 67.0 Å². The first-order valence-corrected chi connectivity index (χ1v) is 8.86. The van der Waals surface area contributed by atoms with E-state index in [-0.39, 0.29) is 11.9 Å². The van der Waals surface area contributed by atoms with E-state index in [1.165, 1.54) is 24.1 Å². The van der Waals surface area contributed by atoms with Gasteiger partial charge >= 0.3 is 0 Å². The van der Waals surface area contributed by atoms with Gasteiger partial charge in [-0.25, -0.2) is 0 Å². The Labute approximate surface area is 141 Å². The van der Waals surface area contributed by atoms with Gasteiger partial charge in [-0.15, -0.1) is 0 Å². The summed E-state index contributed by atoms with van der Waals surface area (Å²) >= 11 is 0. The lowest BCUT2D eigenvalue weighted by Crippen LogP contribution is -2.38. The van der Waals surface area contributed by atoms with Gasteiger partial charge < -0.3 is 10.1 Å². The third-order valence-electron chi connectivity index (χ3n) is 5.07. The standard InChI is InChI=1S/C19H23N3O2/c23-19(21-15-7-10-18-14(11-15)12-20-22-18)13-5-8-17(9-6-13)24-16-3-1-2-4-16/h5-6,8-9,12,15-16H,1-4,7,10-11H2,(H,20,22)(H,21,23)/t15-/m1/s1. The Morgan fingerprint density at radius 1 is 1.17 bits per heavy atom. The Bertz CT molecular complexity index is 702. The summed E-state index contributed by atoms with van der Waals surface area (Å²) in [5, 5.41) is 10.2. The number of carbonyl (C=O) groups is 1. The highest BCUT2D eigenvalue weighted by atomic mass is 16.5. The zero-order chi connectivity index (χ0) is 16.4. The number of nitrogens with one attached hydrogen (secondary N) is 2. The average Bonchev–Trinajstić information content (AvgIpc) is 3.26. The number of nitrogens with zero attached hydrogens (tertiary/aromatic N) is 1. The molecule has 5 nitrogen and oxygen atoms in total. The third-order valence-corrected chi connectivity index (χ3v) is 5.07. The van der Waals surface area contributed by atoms with Gasteiger partial charge in [0.2, 0.25) is 0 Å². The number of aromatic amines is 1. The molecule has 5 heteroatoms. The van der Waals surface area contributed by atoms with E-state index in [1.54, 1.807) is 0 Å². The molecule has 1 amide bonds. The lowest BCUT2D eigenvalue weighted by atomic mass is 9.93. The third kappa shape index (κ3) is 3.30. The van der Waals surface area contributed by atoms with Crippen molar-refractivity contribution in [1.29, 1.82) is 0 Å². The molecule has 0 bridgehead atoms. The van der Waals surface area contributed by atoms with Crippen LogP contribution in [0.1, 0.15) is 53.7 Å². The molecule has 2 aliphatic rings. The van der Waals surface area contributed by atoms with Gasteiger partial charge in [0.25, 0.3) is 5.91 Å². The summed E-state index contributed by atoms with van der Waals surface area (Å²) < 4.78 is 5.95. The molecule has 1 aromatic heterocycles. The monoisotopic (exact) mass is 325 g/mol. The molecule has 0 saturated heterocycles. The van der Waals surface area contributed by atoms with Crippen molar-refractivity contribution in [2.45, 2.75) is 57.1 Å². The summed E-state index contributed by atoms with van der Waals surface area (Å²) in [7, 11) is 0. The van der Waals surface area contributed by atoms with Crippen LogP contribution in [0.3, 0.4) is 0 Å². The minimum atomic E-state index is -0.0145. The molecule has 1 saturated carbocycles. The highest BCUT2D eigenvalue weighted by Crippen LogP contribution is 2.24. The van der Waals surface area contributed by atoms with Crippen LogP contribution >= 0.6 is 0 Å². The summed E-state index contributed by atoms with van der Waals surface area (Å²) in [5.74, 6) is 0.846. The first-order chi connectivity index (χ1) is 11.8. The van der Waals surface area contributed by atoms with Crippen LogP contribution in [0.5, 0.6) is 5.75 Å². The molecule has 0 aliphatic heterocycles. The fourth-order valence-electron chi connectivity index (χ4n) is 3.69. The second-order valence-electron chi connectivity index (χ2n) is 6.84. The maximum atomic E-state index is 12.4. The number of aromatic nitrogens is 2. The van der Waals surface area contributed by atoms with Crippen LogP contribution in [-0.4, -0.2) is 28.3 Å². The van der Waals surface area contributed by atoms with Crippen molar-refractivity contribution >= 4 is 5.91 Å². The predicted molar refractivity (Wildman–Crippen MR) is 91.2 cm³/mol. The molecule has 126 valence electrons. The highest BCUT2D eigenvalue weighted by Gasteiger charge is 2.22. The normalized spacial score (nSPS) is 20.6. The molecule has 1 atom stereocenters. The summed E-state index contributed by atoms with van der Waals surface area (Å²) in [4.78, 5) is 12.4. The van der Waals surface area contributed by atoms with Gasteiger partial charge in [0.15, 0.2) is 0 Å². The van der Waals surface area contributed by atoms with Crippen molar-refractivity contribution < 1.29 is 9.53 Å². The van der Waals surface area contributed by atoms with Gasteiger partial charge in [0.1, 0.15) is 5.75 Å². The predicted octanol–water partition coefficient (Wildman–Crippen LogP) is 3.02. The second kappa shape index (κ2) is 6.67. The maximum absolute atomic E-state index is 12.4. The van der Waals surface area contributed by atoms with Crippen LogP contribution in [-0.2, 0) is 12.8 Å². The Balaban J connectivity index is 1.34. The van der Waals surface area contributed by atoms with E-state index in [2.05, 4.69) is 15.5 Å². The van der Waals surface area contributed by atoms with Crippen LogP contribution in [0.2, 0.25) is 0 Å². The first-order valence-electron chi connectivity index (χ1n) is 8.86. The Hall–Kier alpha value is -2.30. The molecular weight excluding hydrogens is 302 g/mol. The molecule has 0 radical (unpaired) electrons. The number of hydrogen-bond donors (Lipinski definition) is 2. The Kier molecular flexibility index (Phi) is 4.24. The average molecular weight is 325 g/mol. The van der Waals surface area contributed by atoms with E-state index in [9.17, 15) is 4.79 Å². The van der Waals surface area contributed by atoms with Crippen LogP contribution in [0, 0.1) is 0 Å². The number of hydrogen-bond acceptors (Lipinski definition) is 3. The summed E-state index contributed by atoms with van der Waals surface area (Å²) in [6.45, 7) is 0. The second-order valence-corrected chi connectivity index (χ2v) is 6.84. The molecule has 1 heterocycles. The Morgan fingerprint density at radius 2 is 1.96 bits per heavy atom. The zero-order valence-corrected chi connectivity index (χ0v) is 13.8. The fraction of sp³-hybridized carbons (Fsp3) is 0.474. The molecule has 2 aromatic rings. The molecule has 1 fully saturated rings. The van der Waals surface area contributed by atoms with Crippen LogP contribution in [0.4, 0.5) is 0 Å². The zero-order valence-electron chi connectivity index (χ0n) is 13.8. The van der Waals surface area contributed by atoms with E-state index in [4.69, 9.17) is 4.74 Å². The molecule has 2 aliphatic carbocycles.